The van der Waals surface area contributed by atoms with Gasteiger partial charge in [0.05, 0.1) is 19.2 Å². The standard InChI is InChI=1S/C17H22O5/c1-13(2)17(20)22-12-6-4-3-5-11-21-15-9-7-14(8-10-15)16(18)19/h7-10H,1,3-6,11-12H2,2H3,(H,18,19)/p-1. The molecule has 0 N–H and O–H groups in total. The van der Waals surface area contributed by atoms with Gasteiger partial charge in [0.1, 0.15) is 5.75 Å². The van der Waals surface area contributed by atoms with E-state index in [-0.39, 0.29) is 11.5 Å². The molecule has 5 nitrogen and oxygen atoms in total. The Labute approximate surface area is 130 Å². The third kappa shape index (κ3) is 6.92. The maximum Gasteiger partial charge on any atom is 0.333 e. The van der Waals surface area contributed by atoms with Crippen molar-refractivity contribution in [2.45, 2.75) is 32.6 Å². The van der Waals surface area contributed by atoms with Crippen LogP contribution in [0.15, 0.2) is 36.4 Å². The van der Waals surface area contributed by atoms with Crippen LogP contribution in [-0.2, 0) is 9.53 Å². The molecular formula is C17H21O5-. The highest BCUT2D eigenvalue weighted by molar-refractivity contribution is 5.87. The molecule has 0 aromatic heterocycles. The maximum atomic E-state index is 11.1. The summed E-state index contributed by atoms with van der Waals surface area (Å²) in [4.78, 5) is 21.7. The molecule has 0 saturated carbocycles. The molecule has 0 spiro atoms. The van der Waals surface area contributed by atoms with Gasteiger partial charge in [-0.05, 0) is 62.4 Å². The van der Waals surface area contributed by atoms with Crippen molar-refractivity contribution in [2.24, 2.45) is 0 Å². The molecule has 0 aliphatic carbocycles. The Balaban J connectivity index is 2.05. The van der Waals surface area contributed by atoms with Gasteiger partial charge in [-0.1, -0.05) is 6.58 Å². The summed E-state index contributed by atoms with van der Waals surface area (Å²) in [5.41, 5.74) is 0.551. The average Bonchev–Trinajstić information content (AvgIpc) is 2.50. The Hall–Kier alpha value is -2.30. The van der Waals surface area contributed by atoms with Crippen LogP contribution >= 0.6 is 0 Å². The summed E-state index contributed by atoms with van der Waals surface area (Å²) in [6.45, 7) is 6.12. The summed E-state index contributed by atoms with van der Waals surface area (Å²) in [5.74, 6) is -0.900. The van der Waals surface area contributed by atoms with Gasteiger partial charge in [-0.2, -0.15) is 0 Å². The largest absolute Gasteiger partial charge is 0.545 e. The van der Waals surface area contributed by atoms with Gasteiger partial charge in [0.25, 0.3) is 0 Å². The van der Waals surface area contributed by atoms with Crippen LogP contribution in [0.3, 0.4) is 0 Å². The molecule has 1 rings (SSSR count). The van der Waals surface area contributed by atoms with Crippen LogP contribution in [0, 0.1) is 0 Å². The molecule has 0 bridgehead atoms. The molecule has 0 aliphatic rings. The zero-order valence-corrected chi connectivity index (χ0v) is 12.8. The molecule has 0 heterocycles. The van der Waals surface area contributed by atoms with Gasteiger partial charge in [0, 0.05) is 5.57 Å². The van der Waals surface area contributed by atoms with E-state index in [9.17, 15) is 14.7 Å². The number of carboxylic acid groups (broad SMARTS) is 1. The second-order valence-corrected chi connectivity index (χ2v) is 4.99. The summed E-state index contributed by atoms with van der Waals surface area (Å²) in [5, 5.41) is 10.6. The Kier molecular flexibility index (Phi) is 7.75. The molecule has 0 radical (unpaired) electrons. The SMILES string of the molecule is C=C(C)C(=O)OCCCCCCOc1ccc(C(=O)[O-])cc1. The van der Waals surface area contributed by atoms with Gasteiger partial charge in [-0.3, -0.25) is 0 Å². The Morgan fingerprint density at radius 1 is 1.05 bits per heavy atom. The topological polar surface area (TPSA) is 75.7 Å². The van der Waals surface area contributed by atoms with E-state index >= 15 is 0 Å². The predicted molar refractivity (Wildman–Crippen MR) is 80.5 cm³/mol. The van der Waals surface area contributed by atoms with E-state index in [0.29, 0.717) is 24.5 Å². The summed E-state index contributed by atoms with van der Waals surface area (Å²) in [6.07, 6.45) is 3.63. The van der Waals surface area contributed by atoms with Crippen molar-refractivity contribution in [1.82, 2.24) is 0 Å². The lowest BCUT2D eigenvalue weighted by Crippen LogP contribution is -2.21. The number of esters is 1. The van der Waals surface area contributed by atoms with Gasteiger partial charge in [-0.25, -0.2) is 4.79 Å². The zero-order valence-electron chi connectivity index (χ0n) is 12.8. The van der Waals surface area contributed by atoms with Gasteiger partial charge >= 0.3 is 5.97 Å². The van der Waals surface area contributed by atoms with Crippen molar-refractivity contribution in [3.63, 3.8) is 0 Å². The number of hydrogen-bond acceptors (Lipinski definition) is 5. The molecule has 0 saturated heterocycles. The molecule has 0 aliphatic heterocycles. The second kappa shape index (κ2) is 9.60. The molecule has 0 atom stereocenters. The van der Waals surface area contributed by atoms with Crippen molar-refractivity contribution in [1.29, 1.82) is 0 Å². The van der Waals surface area contributed by atoms with Crippen LogP contribution in [-0.4, -0.2) is 25.2 Å². The summed E-state index contributed by atoms with van der Waals surface area (Å²) in [6, 6.07) is 6.14. The number of rotatable bonds is 10. The van der Waals surface area contributed by atoms with E-state index in [1.807, 2.05) is 0 Å². The molecule has 0 unspecified atom stereocenters. The molecule has 1 aromatic rings. The van der Waals surface area contributed by atoms with E-state index in [1.54, 1.807) is 19.1 Å². The van der Waals surface area contributed by atoms with E-state index in [4.69, 9.17) is 9.47 Å². The number of hydrogen-bond donors (Lipinski definition) is 0. The van der Waals surface area contributed by atoms with E-state index < -0.39 is 5.97 Å². The molecule has 0 fully saturated rings. The van der Waals surface area contributed by atoms with Crippen molar-refractivity contribution in [3.8, 4) is 5.75 Å². The summed E-state index contributed by atoms with van der Waals surface area (Å²) >= 11 is 0. The van der Waals surface area contributed by atoms with E-state index in [2.05, 4.69) is 6.58 Å². The molecule has 120 valence electrons. The lowest BCUT2D eigenvalue weighted by atomic mass is 10.2. The molecule has 22 heavy (non-hydrogen) atoms. The van der Waals surface area contributed by atoms with Crippen LogP contribution < -0.4 is 9.84 Å². The Morgan fingerprint density at radius 3 is 2.18 bits per heavy atom. The Morgan fingerprint density at radius 2 is 1.64 bits per heavy atom. The highest BCUT2D eigenvalue weighted by Crippen LogP contribution is 2.12. The average molecular weight is 305 g/mol. The predicted octanol–water partition coefficient (Wildman–Crippen LogP) is 2.11. The highest BCUT2D eigenvalue weighted by Gasteiger charge is 2.02. The lowest BCUT2D eigenvalue weighted by Gasteiger charge is -2.08. The van der Waals surface area contributed by atoms with Gasteiger partial charge in [0.2, 0.25) is 0 Å². The first kappa shape index (κ1) is 17.8. The monoisotopic (exact) mass is 305 g/mol. The third-order valence-corrected chi connectivity index (χ3v) is 2.98. The first-order chi connectivity index (χ1) is 10.5. The summed E-state index contributed by atoms with van der Waals surface area (Å²) in [7, 11) is 0. The van der Waals surface area contributed by atoms with Crippen LogP contribution in [0.1, 0.15) is 43.0 Å². The minimum Gasteiger partial charge on any atom is -0.545 e. The van der Waals surface area contributed by atoms with Crippen LogP contribution in [0.2, 0.25) is 0 Å². The molecular weight excluding hydrogens is 284 g/mol. The normalized spacial score (nSPS) is 10.0. The minimum absolute atomic E-state index is 0.136. The number of carbonyl (C=O) groups is 2. The Bertz CT molecular complexity index is 504. The number of carboxylic acids is 1. The fraction of sp³-hybridized carbons (Fsp3) is 0.412. The van der Waals surface area contributed by atoms with Crippen molar-refractivity contribution in [2.75, 3.05) is 13.2 Å². The van der Waals surface area contributed by atoms with Crippen LogP contribution in [0.25, 0.3) is 0 Å². The quantitative estimate of drug-likeness (QED) is 0.376. The van der Waals surface area contributed by atoms with Crippen molar-refractivity contribution >= 4 is 11.9 Å². The summed E-state index contributed by atoms with van der Waals surface area (Å²) < 4.78 is 10.5. The number of aromatic carboxylic acids is 1. The van der Waals surface area contributed by atoms with Gasteiger partial charge in [0.15, 0.2) is 0 Å². The van der Waals surface area contributed by atoms with E-state index in [0.717, 1.165) is 25.7 Å². The molecule has 0 amide bonds. The first-order valence-corrected chi connectivity index (χ1v) is 7.27. The van der Waals surface area contributed by atoms with Crippen LogP contribution in [0.4, 0.5) is 0 Å². The second-order valence-electron chi connectivity index (χ2n) is 4.99. The van der Waals surface area contributed by atoms with Gasteiger partial charge in [-0.15, -0.1) is 0 Å². The van der Waals surface area contributed by atoms with Crippen molar-refractivity contribution < 1.29 is 24.2 Å². The van der Waals surface area contributed by atoms with Crippen molar-refractivity contribution in [3.05, 3.63) is 42.0 Å². The number of carbonyl (C=O) groups excluding carboxylic acids is 2. The van der Waals surface area contributed by atoms with Crippen LogP contribution in [0.5, 0.6) is 5.75 Å². The fourth-order valence-corrected chi connectivity index (χ4v) is 1.72. The third-order valence-electron chi connectivity index (χ3n) is 2.98. The highest BCUT2D eigenvalue weighted by atomic mass is 16.5. The van der Waals surface area contributed by atoms with Gasteiger partial charge < -0.3 is 19.4 Å². The maximum absolute atomic E-state index is 11.1. The lowest BCUT2D eigenvalue weighted by molar-refractivity contribution is -0.255. The zero-order chi connectivity index (χ0) is 16.4. The number of unbranched alkanes of at least 4 members (excludes halogenated alkanes) is 3. The number of benzene rings is 1. The first-order valence-electron chi connectivity index (χ1n) is 7.27. The van der Waals surface area contributed by atoms with E-state index in [1.165, 1.54) is 12.1 Å². The fourth-order valence-electron chi connectivity index (χ4n) is 1.72. The number of ether oxygens (including phenoxy) is 2. The molecule has 5 heteroatoms. The molecule has 1 aromatic carbocycles. The minimum atomic E-state index is -1.20. The smallest absolute Gasteiger partial charge is 0.333 e.